The zero-order valence-electron chi connectivity index (χ0n) is 14.1. The molecule has 2 aromatic carbocycles. The van der Waals surface area contributed by atoms with Gasteiger partial charge in [-0.15, -0.1) is 0 Å². The van der Waals surface area contributed by atoms with E-state index >= 15 is 0 Å². The molecular formula is C18H16F2N2O4S. The lowest BCUT2D eigenvalue weighted by Gasteiger charge is -2.34. The van der Waals surface area contributed by atoms with Crippen LogP contribution in [-0.2, 0) is 10.0 Å². The third-order valence-electron chi connectivity index (χ3n) is 4.35. The topological polar surface area (TPSA) is 74.8 Å². The molecule has 0 aromatic heterocycles. The third-order valence-corrected chi connectivity index (χ3v) is 6.24. The van der Waals surface area contributed by atoms with Gasteiger partial charge in [0.05, 0.1) is 4.90 Å². The van der Waals surface area contributed by atoms with Crippen molar-refractivity contribution in [1.29, 1.82) is 0 Å². The van der Waals surface area contributed by atoms with Gasteiger partial charge in [0.2, 0.25) is 10.0 Å². The Morgan fingerprint density at radius 2 is 1.56 bits per heavy atom. The van der Waals surface area contributed by atoms with Crippen molar-refractivity contribution in [2.75, 3.05) is 26.2 Å². The van der Waals surface area contributed by atoms with Crippen LogP contribution in [0, 0.1) is 11.6 Å². The number of rotatable bonds is 4. The fourth-order valence-electron chi connectivity index (χ4n) is 2.80. The van der Waals surface area contributed by atoms with Gasteiger partial charge < -0.3 is 4.90 Å². The van der Waals surface area contributed by atoms with Crippen LogP contribution < -0.4 is 0 Å². The van der Waals surface area contributed by atoms with Crippen LogP contribution in [0.5, 0.6) is 0 Å². The van der Waals surface area contributed by atoms with Gasteiger partial charge in [0.15, 0.2) is 11.6 Å². The molecule has 1 heterocycles. The van der Waals surface area contributed by atoms with Crippen LogP contribution in [0.2, 0.25) is 0 Å². The molecule has 1 fully saturated rings. The molecule has 1 aliphatic heterocycles. The van der Waals surface area contributed by atoms with E-state index in [1.54, 1.807) is 0 Å². The first kappa shape index (κ1) is 19.1. The number of sulfonamides is 1. The summed E-state index contributed by atoms with van der Waals surface area (Å²) >= 11 is 0. The predicted molar refractivity (Wildman–Crippen MR) is 92.8 cm³/mol. The number of amides is 1. The van der Waals surface area contributed by atoms with E-state index in [-0.39, 0.29) is 37.0 Å². The maximum absolute atomic E-state index is 13.4. The van der Waals surface area contributed by atoms with E-state index < -0.39 is 21.7 Å². The van der Waals surface area contributed by atoms with Crippen molar-refractivity contribution < 1.29 is 26.8 Å². The maximum Gasteiger partial charge on any atom is 0.253 e. The lowest BCUT2D eigenvalue weighted by atomic mass is 10.1. The van der Waals surface area contributed by atoms with E-state index in [0.29, 0.717) is 23.5 Å². The smallest absolute Gasteiger partial charge is 0.253 e. The molecule has 0 bridgehead atoms. The van der Waals surface area contributed by atoms with Crippen molar-refractivity contribution >= 4 is 22.2 Å². The van der Waals surface area contributed by atoms with Crippen LogP contribution in [0.3, 0.4) is 0 Å². The second-order valence-electron chi connectivity index (χ2n) is 6.01. The van der Waals surface area contributed by atoms with Crippen molar-refractivity contribution in [2.45, 2.75) is 4.90 Å². The normalized spacial score (nSPS) is 15.6. The molecule has 3 rings (SSSR count). The number of carbonyl (C=O) groups excluding carboxylic acids is 2. The van der Waals surface area contributed by atoms with E-state index in [0.717, 1.165) is 16.4 Å². The second kappa shape index (κ2) is 7.53. The number of benzene rings is 2. The summed E-state index contributed by atoms with van der Waals surface area (Å²) in [5, 5.41) is 0. The van der Waals surface area contributed by atoms with Crippen molar-refractivity contribution in [3.05, 3.63) is 65.2 Å². The molecule has 1 saturated heterocycles. The second-order valence-corrected chi connectivity index (χ2v) is 7.95. The zero-order chi connectivity index (χ0) is 19.6. The minimum absolute atomic E-state index is 0.0412. The highest BCUT2D eigenvalue weighted by molar-refractivity contribution is 7.89. The molecule has 2 aromatic rings. The lowest BCUT2D eigenvalue weighted by molar-refractivity contribution is 0.0697. The highest BCUT2D eigenvalue weighted by Crippen LogP contribution is 2.20. The molecule has 0 unspecified atom stereocenters. The molecule has 6 nitrogen and oxygen atoms in total. The average molecular weight is 394 g/mol. The summed E-state index contributed by atoms with van der Waals surface area (Å²) in [6, 6.07) is 8.57. The Bertz CT molecular complexity index is 969. The van der Waals surface area contributed by atoms with Crippen LogP contribution >= 0.6 is 0 Å². The first-order chi connectivity index (χ1) is 12.8. The summed E-state index contributed by atoms with van der Waals surface area (Å²) in [7, 11) is -3.97. The number of aldehydes is 1. The van der Waals surface area contributed by atoms with Gasteiger partial charge in [-0.25, -0.2) is 17.2 Å². The fourth-order valence-corrected chi connectivity index (χ4v) is 4.24. The van der Waals surface area contributed by atoms with E-state index in [2.05, 4.69) is 0 Å². The quantitative estimate of drug-likeness (QED) is 0.743. The number of carbonyl (C=O) groups is 2. The Kier molecular flexibility index (Phi) is 5.33. The summed E-state index contributed by atoms with van der Waals surface area (Å²) in [6.45, 7) is 0.410. The predicted octanol–water partition coefficient (Wildman–Crippen LogP) is 1.92. The number of piperazine rings is 1. The molecule has 142 valence electrons. The summed E-state index contributed by atoms with van der Waals surface area (Å²) in [4.78, 5) is 24.3. The third kappa shape index (κ3) is 3.88. The Balaban J connectivity index is 1.69. The van der Waals surface area contributed by atoms with Gasteiger partial charge in [-0.1, -0.05) is 12.1 Å². The van der Waals surface area contributed by atoms with Crippen molar-refractivity contribution in [3.8, 4) is 0 Å². The van der Waals surface area contributed by atoms with Crippen LogP contribution in [0.25, 0.3) is 0 Å². The summed E-state index contributed by atoms with van der Waals surface area (Å²) in [5.74, 6) is -2.62. The average Bonchev–Trinajstić information content (AvgIpc) is 2.69. The van der Waals surface area contributed by atoms with Gasteiger partial charge >= 0.3 is 0 Å². The highest BCUT2D eigenvalue weighted by Gasteiger charge is 2.31. The molecule has 0 radical (unpaired) electrons. The number of hydrogen-bond acceptors (Lipinski definition) is 4. The maximum atomic E-state index is 13.4. The number of halogens is 2. The van der Waals surface area contributed by atoms with Gasteiger partial charge in [-0.05, 0) is 30.3 Å². The fraction of sp³-hybridized carbons (Fsp3) is 0.222. The SMILES string of the molecule is O=Cc1ccc(C(=O)N2CCN(S(=O)(=O)c3ccc(F)c(F)c3)CC2)cc1. The summed E-state index contributed by atoms with van der Waals surface area (Å²) in [5.41, 5.74) is 0.853. The molecule has 0 aliphatic carbocycles. The van der Waals surface area contributed by atoms with Crippen LogP contribution in [0.4, 0.5) is 8.78 Å². The van der Waals surface area contributed by atoms with Crippen LogP contribution in [-0.4, -0.2) is 56.0 Å². The Labute approximate surface area is 155 Å². The van der Waals surface area contributed by atoms with Gasteiger partial charge in [0, 0.05) is 37.3 Å². The van der Waals surface area contributed by atoms with Crippen LogP contribution in [0.1, 0.15) is 20.7 Å². The van der Waals surface area contributed by atoms with Gasteiger partial charge in [-0.3, -0.25) is 9.59 Å². The van der Waals surface area contributed by atoms with Gasteiger partial charge in [-0.2, -0.15) is 4.31 Å². The minimum Gasteiger partial charge on any atom is -0.336 e. The molecule has 9 heteroatoms. The van der Waals surface area contributed by atoms with Crippen molar-refractivity contribution in [3.63, 3.8) is 0 Å². The number of hydrogen-bond donors (Lipinski definition) is 0. The first-order valence-electron chi connectivity index (χ1n) is 8.12. The standard InChI is InChI=1S/C18H16F2N2O4S/c19-16-6-5-15(11-17(16)20)27(25,26)22-9-7-21(8-10-22)18(24)14-3-1-13(12-23)2-4-14/h1-6,11-12H,7-10H2. The molecular weight excluding hydrogens is 378 g/mol. The summed E-state index contributed by atoms with van der Waals surface area (Å²) in [6.07, 6.45) is 0.677. The monoisotopic (exact) mass is 394 g/mol. The van der Waals surface area contributed by atoms with Crippen LogP contribution in [0.15, 0.2) is 47.4 Å². The van der Waals surface area contributed by atoms with E-state index in [9.17, 15) is 26.8 Å². The molecule has 27 heavy (non-hydrogen) atoms. The van der Waals surface area contributed by atoms with E-state index in [1.165, 1.54) is 29.2 Å². The Morgan fingerprint density at radius 1 is 0.926 bits per heavy atom. The van der Waals surface area contributed by atoms with Gasteiger partial charge in [0.1, 0.15) is 6.29 Å². The molecule has 1 amide bonds. The number of nitrogens with zero attached hydrogens (tertiary/aromatic N) is 2. The highest BCUT2D eigenvalue weighted by atomic mass is 32.2. The molecule has 1 aliphatic rings. The van der Waals surface area contributed by atoms with Crippen molar-refractivity contribution in [2.24, 2.45) is 0 Å². The largest absolute Gasteiger partial charge is 0.336 e. The molecule has 0 spiro atoms. The minimum atomic E-state index is -3.97. The molecule has 0 atom stereocenters. The Morgan fingerprint density at radius 3 is 2.11 bits per heavy atom. The lowest BCUT2D eigenvalue weighted by Crippen LogP contribution is -2.50. The molecule has 0 saturated carbocycles. The summed E-state index contributed by atoms with van der Waals surface area (Å²) < 4.78 is 52.7. The van der Waals surface area contributed by atoms with Crippen molar-refractivity contribution in [1.82, 2.24) is 9.21 Å². The van der Waals surface area contributed by atoms with Gasteiger partial charge in [0.25, 0.3) is 5.91 Å². The zero-order valence-corrected chi connectivity index (χ0v) is 15.0. The first-order valence-corrected chi connectivity index (χ1v) is 9.56. The molecule has 0 N–H and O–H groups in total. The Hall–Kier alpha value is -2.65. The van der Waals surface area contributed by atoms with E-state index in [4.69, 9.17) is 0 Å². The van der Waals surface area contributed by atoms with E-state index in [1.807, 2.05) is 0 Å².